The lowest BCUT2D eigenvalue weighted by Crippen LogP contribution is -2.37. The molecule has 1 atom stereocenters. The standard InChI is InChI=1S/C12H9BrO2.C12H10O3.C5H6Br2N2O2/c1-8(14)12(13)10-5-3-2-4-9(10)6-7-11(12)15;1-15-12(14)11-9-5-3-2-4-8(9)6-7-10(11)13;1-5(2)3(10)8(6)4(11)9(5)7/h2-7H,1H3;2-7,13H,1H3;1-2H3/t12-;;/m1../s1. The number of allylic oxidation sites excluding steroid dienone is 1. The summed E-state index contributed by atoms with van der Waals surface area (Å²) in [6, 6.07) is 17.6. The molecule has 0 saturated carbocycles. The average molecular weight is 753 g/mol. The van der Waals surface area contributed by atoms with Gasteiger partial charge in [0.05, 0.1) is 39.4 Å². The van der Waals surface area contributed by atoms with E-state index in [-0.39, 0.29) is 28.8 Å². The second-order valence-electron chi connectivity index (χ2n) is 9.38. The molecule has 0 unspecified atom stereocenters. The summed E-state index contributed by atoms with van der Waals surface area (Å²) in [6.45, 7) is 4.73. The van der Waals surface area contributed by atoms with Crippen molar-refractivity contribution in [1.29, 1.82) is 0 Å². The average Bonchev–Trinajstić information content (AvgIpc) is 3.09. The minimum absolute atomic E-state index is 0.0550. The Morgan fingerprint density at radius 1 is 0.902 bits per heavy atom. The SMILES string of the molecule is CC(=O)[C@]1(Br)C(=O)C=Cc2ccccc21.CC1(C)C(=O)N(Br)C(=O)N1Br.COC(=O)c1c(O)ccc2ccccc12. The molecule has 3 amide bonds. The topological polar surface area (TPSA) is 121 Å². The number of phenols is 1. The number of carbonyl (C=O) groups excluding carboxylic acids is 5. The third-order valence-corrected chi connectivity index (χ3v) is 9.59. The zero-order valence-electron chi connectivity index (χ0n) is 22.4. The van der Waals surface area contributed by atoms with E-state index >= 15 is 0 Å². The predicted octanol–water partition coefficient (Wildman–Crippen LogP) is 6.44. The summed E-state index contributed by atoms with van der Waals surface area (Å²) in [6.07, 6.45) is 3.18. The summed E-state index contributed by atoms with van der Waals surface area (Å²) in [5, 5.41) is 11.2. The number of benzene rings is 3. The number of halogens is 3. The van der Waals surface area contributed by atoms with E-state index < -0.39 is 21.9 Å². The lowest BCUT2D eigenvalue weighted by Gasteiger charge is -2.26. The predicted molar refractivity (Wildman–Crippen MR) is 165 cm³/mol. The van der Waals surface area contributed by atoms with Crippen LogP contribution < -0.4 is 0 Å². The van der Waals surface area contributed by atoms with Crippen LogP contribution in [-0.2, 0) is 23.4 Å². The first-order valence-corrected chi connectivity index (χ1v) is 14.2. The zero-order chi connectivity index (χ0) is 30.7. The first kappa shape index (κ1) is 32.2. The number of carbonyl (C=O) groups is 5. The van der Waals surface area contributed by atoms with E-state index in [1.165, 1.54) is 30.1 Å². The van der Waals surface area contributed by atoms with E-state index in [9.17, 15) is 29.1 Å². The van der Waals surface area contributed by atoms with Gasteiger partial charge in [-0.2, -0.15) is 3.93 Å². The highest BCUT2D eigenvalue weighted by molar-refractivity contribution is 9.10. The van der Waals surface area contributed by atoms with Crippen LogP contribution in [0.5, 0.6) is 5.75 Å². The normalized spacial score (nSPS) is 18.7. The van der Waals surface area contributed by atoms with Gasteiger partial charge in [0, 0.05) is 0 Å². The van der Waals surface area contributed by atoms with Gasteiger partial charge in [0.1, 0.15) is 16.9 Å². The minimum atomic E-state index is -1.18. The number of phenolic OH excluding ortho intramolecular Hbond substituents is 1. The number of fused-ring (bicyclic) bond motifs is 2. The van der Waals surface area contributed by atoms with Gasteiger partial charge in [-0.1, -0.05) is 76.6 Å². The van der Waals surface area contributed by atoms with Crippen LogP contribution in [0.1, 0.15) is 42.3 Å². The molecule has 1 saturated heterocycles. The number of hydrogen-bond acceptors (Lipinski definition) is 7. The fourth-order valence-corrected chi connectivity index (χ4v) is 5.65. The van der Waals surface area contributed by atoms with Gasteiger partial charge < -0.3 is 9.84 Å². The largest absolute Gasteiger partial charge is 0.507 e. The molecule has 3 aromatic carbocycles. The van der Waals surface area contributed by atoms with Crippen LogP contribution in [0.25, 0.3) is 16.8 Å². The monoisotopic (exact) mass is 750 g/mol. The van der Waals surface area contributed by atoms with Crippen molar-refractivity contribution in [1.82, 2.24) is 7.85 Å². The van der Waals surface area contributed by atoms with Gasteiger partial charge in [0.15, 0.2) is 15.9 Å². The number of hydrogen-bond donors (Lipinski definition) is 1. The van der Waals surface area contributed by atoms with E-state index in [0.29, 0.717) is 5.39 Å². The second kappa shape index (κ2) is 12.7. The maximum absolute atomic E-state index is 11.8. The highest BCUT2D eigenvalue weighted by Crippen LogP contribution is 2.39. The maximum Gasteiger partial charge on any atom is 0.348 e. The molecule has 0 radical (unpaired) electrons. The van der Waals surface area contributed by atoms with Crippen molar-refractivity contribution in [3.05, 3.63) is 83.4 Å². The number of alkyl halides is 1. The Morgan fingerprint density at radius 2 is 1.51 bits per heavy atom. The second-order valence-corrected chi connectivity index (χ2v) is 12.0. The van der Waals surface area contributed by atoms with Gasteiger partial charge in [-0.3, -0.25) is 14.4 Å². The van der Waals surface area contributed by atoms with Crippen LogP contribution in [0, 0.1) is 0 Å². The fourth-order valence-electron chi connectivity index (χ4n) is 4.04. The molecule has 0 aromatic heterocycles. The molecule has 2 aliphatic rings. The first-order valence-electron chi connectivity index (χ1n) is 12.0. The molecule has 1 N–H and O–H groups in total. The molecule has 3 aromatic rings. The van der Waals surface area contributed by atoms with Gasteiger partial charge in [-0.25, -0.2) is 13.5 Å². The van der Waals surface area contributed by atoms with Crippen molar-refractivity contribution in [3.63, 3.8) is 0 Å². The van der Waals surface area contributed by atoms with Gasteiger partial charge in [-0.05, 0) is 54.8 Å². The number of nitrogens with zero attached hydrogens (tertiary/aromatic N) is 2. The summed E-state index contributed by atoms with van der Waals surface area (Å²) < 4.78 is 5.55. The van der Waals surface area contributed by atoms with E-state index in [1.807, 2.05) is 36.4 Å². The number of Topliss-reactive ketones (excluding diaryl/α,β-unsaturated/α-hetero) is 1. The Balaban J connectivity index is 0.000000172. The third-order valence-electron chi connectivity index (χ3n) is 6.40. The number of amides is 3. The molecular weight excluding hydrogens is 728 g/mol. The van der Waals surface area contributed by atoms with E-state index in [0.717, 1.165) is 20.4 Å². The molecule has 0 bridgehead atoms. The van der Waals surface area contributed by atoms with Crippen molar-refractivity contribution < 1.29 is 33.8 Å². The van der Waals surface area contributed by atoms with Crippen molar-refractivity contribution >= 4 is 94.5 Å². The Morgan fingerprint density at radius 3 is 2.05 bits per heavy atom. The van der Waals surface area contributed by atoms with Crippen LogP contribution >= 0.6 is 48.2 Å². The van der Waals surface area contributed by atoms with Gasteiger partial charge in [-0.15, -0.1) is 0 Å². The summed E-state index contributed by atoms with van der Waals surface area (Å²) in [7, 11) is 1.30. The molecule has 5 rings (SSSR count). The van der Waals surface area contributed by atoms with Crippen LogP contribution in [-0.4, -0.2) is 55.1 Å². The maximum atomic E-state index is 11.8. The van der Waals surface area contributed by atoms with Crippen LogP contribution in [0.15, 0.2) is 66.7 Å². The number of urea groups is 1. The van der Waals surface area contributed by atoms with E-state index in [2.05, 4.69) is 53.0 Å². The van der Waals surface area contributed by atoms with Gasteiger partial charge >= 0.3 is 12.0 Å². The highest BCUT2D eigenvalue weighted by Gasteiger charge is 2.50. The molecule has 1 fully saturated rings. The minimum Gasteiger partial charge on any atom is -0.507 e. The van der Waals surface area contributed by atoms with Crippen molar-refractivity contribution in [2.45, 2.75) is 30.6 Å². The highest BCUT2D eigenvalue weighted by atomic mass is 79.9. The summed E-state index contributed by atoms with van der Waals surface area (Å²) in [5.74, 6) is -1.26. The molecular formula is C29H25Br3N2O7. The quantitative estimate of drug-likeness (QED) is 0.105. The van der Waals surface area contributed by atoms with Crippen LogP contribution in [0.3, 0.4) is 0 Å². The lowest BCUT2D eigenvalue weighted by molar-refractivity contribution is -0.128. The summed E-state index contributed by atoms with van der Waals surface area (Å²) >= 11 is 9.12. The molecule has 1 aliphatic heterocycles. The smallest absolute Gasteiger partial charge is 0.348 e. The number of esters is 1. The summed E-state index contributed by atoms with van der Waals surface area (Å²) in [4.78, 5) is 57.1. The van der Waals surface area contributed by atoms with E-state index in [1.54, 1.807) is 38.1 Å². The molecule has 41 heavy (non-hydrogen) atoms. The number of imide groups is 1. The lowest BCUT2D eigenvalue weighted by atomic mass is 9.83. The third kappa shape index (κ3) is 6.14. The number of aromatic hydroxyl groups is 1. The first-order chi connectivity index (χ1) is 19.2. The van der Waals surface area contributed by atoms with Crippen molar-refractivity contribution in [2.24, 2.45) is 0 Å². The number of methoxy groups -OCH3 is 1. The number of ether oxygens (including phenoxy) is 1. The zero-order valence-corrected chi connectivity index (χ0v) is 27.1. The number of rotatable bonds is 2. The number of ketones is 2. The van der Waals surface area contributed by atoms with Crippen LogP contribution in [0.2, 0.25) is 0 Å². The molecule has 1 aliphatic carbocycles. The molecule has 214 valence electrons. The van der Waals surface area contributed by atoms with Crippen molar-refractivity contribution in [3.8, 4) is 5.75 Å². The van der Waals surface area contributed by atoms with E-state index in [4.69, 9.17) is 0 Å². The fraction of sp³-hybridized carbons (Fsp3) is 0.207. The Bertz CT molecular complexity index is 1590. The molecule has 12 heteroatoms. The Kier molecular flexibility index (Phi) is 9.94. The Labute approximate surface area is 261 Å². The molecule has 9 nitrogen and oxygen atoms in total. The Hall–Kier alpha value is -3.35. The van der Waals surface area contributed by atoms with Crippen LogP contribution in [0.4, 0.5) is 4.79 Å². The van der Waals surface area contributed by atoms with Gasteiger partial charge in [0.25, 0.3) is 5.91 Å². The summed E-state index contributed by atoms with van der Waals surface area (Å²) in [5.41, 5.74) is 1.05. The van der Waals surface area contributed by atoms with Crippen molar-refractivity contribution in [2.75, 3.05) is 7.11 Å². The molecule has 0 spiro atoms. The molecule has 1 heterocycles. The van der Waals surface area contributed by atoms with Gasteiger partial charge in [0.2, 0.25) is 0 Å².